The molecule has 1 amide bonds. The summed E-state index contributed by atoms with van der Waals surface area (Å²) in [6.45, 7) is 0.586. The molecule has 1 saturated heterocycles. The van der Waals surface area contributed by atoms with Crippen LogP contribution in [0.3, 0.4) is 0 Å². The van der Waals surface area contributed by atoms with Crippen molar-refractivity contribution in [1.82, 2.24) is 4.90 Å². The number of carboxylic acids is 1. The van der Waals surface area contributed by atoms with Crippen molar-refractivity contribution in [3.63, 3.8) is 0 Å². The Balaban J connectivity index is 2.05. The van der Waals surface area contributed by atoms with Gasteiger partial charge in [0.05, 0.1) is 12.5 Å². The molecule has 0 aliphatic carbocycles. The van der Waals surface area contributed by atoms with E-state index in [1.54, 1.807) is 34.9 Å². The third-order valence-electron chi connectivity index (χ3n) is 3.25. The molecule has 6 heteroatoms. The van der Waals surface area contributed by atoms with Crippen molar-refractivity contribution in [1.29, 1.82) is 0 Å². The molecule has 112 valence electrons. The quantitative estimate of drug-likeness (QED) is 0.653. The van der Waals surface area contributed by atoms with E-state index in [0.717, 1.165) is 11.3 Å². The summed E-state index contributed by atoms with van der Waals surface area (Å²) in [5.41, 5.74) is 7.18. The highest BCUT2D eigenvalue weighted by atomic mass is 32.2. The van der Waals surface area contributed by atoms with Gasteiger partial charge in [0.15, 0.2) is 0 Å². The van der Waals surface area contributed by atoms with Crippen LogP contribution in [-0.2, 0) is 9.59 Å². The maximum Gasteiger partial charge on any atom is 0.305 e. The molecule has 0 aromatic heterocycles. The topological polar surface area (TPSA) is 83.6 Å². The van der Waals surface area contributed by atoms with E-state index in [1.807, 2.05) is 12.1 Å². The minimum absolute atomic E-state index is 0.00906. The third-order valence-corrected chi connectivity index (χ3v) is 4.34. The van der Waals surface area contributed by atoms with Crippen LogP contribution < -0.4 is 5.73 Å². The van der Waals surface area contributed by atoms with Crippen molar-refractivity contribution in [3.05, 3.63) is 35.9 Å². The number of hydrogen-bond donors (Lipinski definition) is 2. The summed E-state index contributed by atoms with van der Waals surface area (Å²) < 4.78 is 0. The van der Waals surface area contributed by atoms with Crippen LogP contribution in [0, 0.1) is 0 Å². The zero-order valence-corrected chi connectivity index (χ0v) is 12.4. The zero-order valence-electron chi connectivity index (χ0n) is 11.6. The molecule has 1 heterocycles. The van der Waals surface area contributed by atoms with Gasteiger partial charge >= 0.3 is 5.97 Å². The number of carbonyl (C=O) groups is 2. The fourth-order valence-corrected chi connectivity index (χ4v) is 3.30. The monoisotopic (exact) mass is 306 g/mol. The molecule has 21 heavy (non-hydrogen) atoms. The zero-order chi connectivity index (χ0) is 15.2. The number of thioether (sulfide) groups is 1. The summed E-state index contributed by atoms with van der Waals surface area (Å²) >= 11 is 1.68. The molecule has 3 N–H and O–H groups in total. The molecule has 1 aliphatic rings. The predicted octanol–water partition coefficient (Wildman–Crippen LogP) is 1.70. The van der Waals surface area contributed by atoms with Crippen LogP contribution in [0.5, 0.6) is 0 Å². The Bertz CT molecular complexity index is 560. The van der Waals surface area contributed by atoms with Gasteiger partial charge in [-0.1, -0.05) is 12.1 Å². The smallest absolute Gasteiger partial charge is 0.305 e. The summed E-state index contributed by atoms with van der Waals surface area (Å²) in [7, 11) is 0. The number of hydrogen-bond acceptors (Lipinski definition) is 4. The van der Waals surface area contributed by atoms with Gasteiger partial charge in [0.25, 0.3) is 0 Å². The van der Waals surface area contributed by atoms with E-state index < -0.39 is 5.97 Å². The van der Waals surface area contributed by atoms with Crippen molar-refractivity contribution < 1.29 is 14.7 Å². The van der Waals surface area contributed by atoms with E-state index in [4.69, 9.17) is 10.8 Å². The van der Waals surface area contributed by atoms with E-state index in [9.17, 15) is 9.59 Å². The van der Waals surface area contributed by atoms with Crippen molar-refractivity contribution in [3.8, 4) is 0 Å². The van der Waals surface area contributed by atoms with Crippen LogP contribution in [-0.4, -0.2) is 46.0 Å². The normalized spacial score (nSPS) is 18.9. The molecule has 0 radical (unpaired) electrons. The Morgan fingerprint density at radius 2 is 2.29 bits per heavy atom. The number of nitrogens with two attached hydrogens (primary N) is 1. The summed E-state index contributed by atoms with van der Waals surface area (Å²) in [5, 5.41) is 8.92. The van der Waals surface area contributed by atoms with Crippen molar-refractivity contribution in [2.24, 2.45) is 0 Å². The van der Waals surface area contributed by atoms with E-state index in [-0.39, 0.29) is 18.4 Å². The van der Waals surface area contributed by atoms with E-state index >= 15 is 0 Å². The van der Waals surface area contributed by atoms with Gasteiger partial charge in [-0.3, -0.25) is 9.59 Å². The molecule has 0 bridgehead atoms. The van der Waals surface area contributed by atoms with Crippen LogP contribution in [0.1, 0.15) is 12.0 Å². The molecular weight excluding hydrogens is 288 g/mol. The highest BCUT2D eigenvalue weighted by molar-refractivity contribution is 7.99. The first-order valence-electron chi connectivity index (χ1n) is 6.70. The van der Waals surface area contributed by atoms with E-state index in [2.05, 4.69) is 0 Å². The van der Waals surface area contributed by atoms with Gasteiger partial charge in [-0.2, -0.15) is 11.8 Å². The summed E-state index contributed by atoms with van der Waals surface area (Å²) in [6.07, 6.45) is 3.18. The van der Waals surface area contributed by atoms with Gasteiger partial charge in [0, 0.05) is 29.8 Å². The van der Waals surface area contributed by atoms with Gasteiger partial charge < -0.3 is 15.7 Å². The number of carboxylic acid groups (broad SMARTS) is 1. The third kappa shape index (κ3) is 4.53. The van der Waals surface area contributed by atoms with Crippen LogP contribution in [0.4, 0.5) is 5.69 Å². The second-order valence-electron chi connectivity index (χ2n) is 4.86. The largest absolute Gasteiger partial charge is 0.481 e. The van der Waals surface area contributed by atoms with Gasteiger partial charge in [-0.15, -0.1) is 0 Å². The molecule has 1 unspecified atom stereocenters. The second kappa shape index (κ2) is 7.17. The van der Waals surface area contributed by atoms with Crippen molar-refractivity contribution in [2.75, 3.05) is 23.8 Å². The maximum atomic E-state index is 12.3. The van der Waals surface area contributed by atoms with Crippen LogP contribution in [0.25, 0.3) is 6.08 Å². The summed E-state index contributed by atoms with van der Waals surface area (Å²) in [4.78, 5) is 24.8. The SMILES string of the molecule is Nc1cccc(/C=C/C(=O)N2CCSCC2CC(=O)O)c1. The number of nitrogens with zero attached hydrogens (tertiary/aromatic N) is 1. The van der Waals surface area contributed by atoms with Gasteiger partial charge in [-0.05, 0) is 23.8 Å². The summed E-state index contributed by atoms with van der Waals surface area (Å²) in [6, 6.07) is 7.01. The Morgan fingerprint density at radius 3 is 3.00 bits per heavy atom. The maximum absolute atomic E-state index is 12.3. The lowest BCUT2D eigenvalue weighted by atomic mass is 10.1. The molecule has 1 aromatic rings. The standard InChI is InChI=1S/C15H18N2O3S/c16-12-3-1-2-11(8-12)4-5-14(18)17-6-7-21-10-13(17)9-15(19)20/h1-5,8,13H,6-7,9-10,16H2,(H,19,20)/b5-4+. The number of amides is 1. The highest BCUT2D eigenvalue weighted by Gasteiger charge is 2.27. The Hall–Kier alpha value is -1.95. The van der Waals surface area contributed by atoms with Gasteiger partial charge in [-0.25, -0.2) is 0 Å². The molecule has 0 saturated carbocycles. The molecule has 1 aromatic carbocycles. The highest BCUT2D eigenvalue weighted by Crippen LogP contribution is 2.19. The first-order valence-corrected chi connectivity index (χ1v) is 7.85. The fourth-order valence-electron chi connectivity index (χ4n) is 2.24. The fraction of sp³-hybridized carbons (Fsp3) is 0.333. The lowest BCUT2D eigenvalue weighted by molar-refractivity contribution is -0.139. The Morgan fingerprint density at radius 1 is 1.48 bits per heavy atom. The lowest BCUT2D eigenvalue weighted by Crippen LogP contribution is -2.46. The lowest BCUT2D eigenvalue weighted by Gasteiger charge is -2.33. The van der Waals surface area contributed by atoms with E-state index in [0.29, 0.717) is 18.0 Å². The minimum atomic E-state index is -0.875. The molecule has 5 nitrogen and oxygen atoms in total. The molecule has 0 spiro atoms. The van der Waals surface area contributed by atoms with Crippen LogP contribution in [0.15, 0.2) is 30.3 Å². The average molecular weight is 306 g/mol. The predicted molar refractivity (Wildman–Crippen MR) is 85.0 cm³/mol. The second-order valence-corrected chi connectivity index (χ2v) is 6.01. The molecule has 1 atom stereocenters. The number of benzene rings is 1. The number of aliphatic carboxylic acids is 1. The van der Waals surface area contributed by atoms with Crippen LogP contribution >= 0.6 is 11.8 Å². The minimum Gasteiger partial charge on any atom is -0.481 e. The number of anilines is 1. The Kier molecular flexibility index (Phi) is 5.27. The van der Waals surface area contributed by atoms with Crippen molar-refractivity contribution in [2.45, 2.75) is 12.5 Å². The van der Waals surface area contributed by atoms with Crippen molar-refractivity contribution >= 4 is 35.4 Å². The molecule has 1 aliphatic heterocycles. The average Bonchev–Trinajstić information content (AvgIpc) is 2.45. The van der Waals surface area contributed by atoms with Crippen LogP contribution in [0.2, 0.25) is 0 Å². The molecule has 1 fully saturated rings. The Labute approximate surface area is 127 Å². The summed E-state index contributed by atoms with van der Waals surface area (Å²) in [5.74, 6) is 0.488. The first-order chi connectivity index (χ1) is 10.1. The molecular formula is C15H18N2O3S. The van der Waals surface area contributed by atoms with Gasteiger partial charge in [0.1, 0.15) is 0 Å². The van der Waals surface area contributed by atoms with E-state index in [1.165, 1.54) is 6.08 Å². The number of rotatable bonds is 4. The first kappa shape index (κ1) is 15.4. The van der Waals surface area contributed by atoms with Gasteiger partial charge in [0.2, 0.25) is 5.91 Å². The number of carbonyl (C=O) groups excluding carboxylic acids is 1. The number of nitrogen functional groups attached to an aromatic ring is 1. The molecule has 2 rings (SSSR count).